The zero-order valence-corrected chi connectivity index (χ0v) is 11.8. The number of amides is 1. The summed E-state index contributed by atoms with van der Waals surface area (Å²) in [4.78, 5) is 12.1. The molecule has 106 valence electrons. The molecule has 0 bridgehead atoms. The third-order valence-corrected chi connectivity index (χ3v) is 4.08. The standard InChI is InChI=1S/C14H22N2O3/c1-4-9(2)11-7-12(19-16-11)13(18)15-14(3,8-17)10-5-6-10/h7,9-10,17H,4-6,8H2,1-3H3,(H,15,18). The molecular formula is C14H22N2O3. The first-order valence-corrected chi connectivity index (χ1v) is 6.90. The number of hydrogen-bond acceptors (Lipinski definition) is 4. The molecule has 2 atom stereocenters. The predicted molar refractivity (Wildman–Crippen MR) is 70.9 cm³/mol. The Morgan fingerprint density at radius 1 is 1.68 bits per heavy atom. The maximum absolute atomic E-state index is 12.1. The first kappa shape index (κ1) is 14.1. The highest BCUT2D eigenvalue weighted by Gasteiger charge is 2.42. The number of rotatable bonds is 6. The number of carbonyl (C=O) groups is 1. The molecule has 0 saturated heterocycles. The maximum atomic E-state index is 12.1. The highest BCUT2D eigenvalue weighted by molar-refractivity contribution is 5.92. The lowest BCUT2D eigenvalue weighted by atomic mass is 9.97. The smallest absolute Gasteiger partial charge is 0.290 e. The second-order valence-corrected chi connectivity index (χ2v) is 5.73. The summed E-state index contributed by atoms with van der Waals surface area (Å²) in [7, 11) is 0. The van der Waals surface area contributed by atoms with Gasteiger partial charge in [-0.05, 0) is 32.1 Å². The number of hydrogen-bond donors (Lipinski definition) is 2. The van der Waals surface area contributed by atoms with Crippen LogP contribution in [0, 0.1) is 5.92 Å². The minimum atomic E-state index is -0.555. The largest absolute Gasteiger partial charge is 0.394 e. The van der Waals surface area contributed by atoms with E-state index >= 15 is 0 Å². The van der Waals surface area contributed by atoms with E-state index in [0.29, 0.717) is 5.92 Å². The SMILES string of the molecule is CCC(C)c1cc(C(=O)NC(C)(CO)C2CC2)on1. The molecule has 0 aromatic carbocycles. The number of aliphatic hydroxyl groups excluding tert-OH is 1. The Hall–Kier alpha value is -1.36. The number of aromatic nitrogens is 1. The molecule has 19 heavy (non-hydrogen) atoms. The molecule has 1 aliphatic rings. The van der Waals surface area contributed by atoms with Gasteiger partial charge in [0.2, 0.25) is 5.76 Å². The fourth-order valence-electron chi connectivity index (χ4n) is 2.15. The average molecular weight is 266 g/mol. The van der Waals surface area contributed by atoms with Crippen LogP contribution < -0.4 is 5.32 Å². The molecule has 5 heteroatoms. The van der Waals surface area contributed by atoms with E-state index in [1.807, 2.05) is 13.8 Å². The monoisotopic (exact) mass is 266 g/mol. The molecule has 1 saturated carbocycles. The van der Waals surface area contributed by atoms with Gasteiger partial charge < -0.3 is 14.9 Å². The van der Waals surface area contributed by atoms with E-state index in [9.17, 15) is 9.90 Å². The van der Waals surface area contributed by atoms with Crippen molar-refractivity contribution in [1.29, 1.82) is 0 Å². The van der Waals surface area contributed by atoms with Crippen LogP contribution in [0.3, 0.4) is 0 Å². The summed E-state index contributed by atoms with van der Waals surface area (Å²) >= 11 is 0. The summed E-state index contributed by atoms with van der Waals surface area (Å²) in [6.07, 6.45) is 3.04. The molecular weight excluding hydrogens is 244 g/mol. The van der Waals surface area contributed by atoms with Crippen LogP contribution in [0.25, 0.3) is 0 Å². The highest BCUT2D eigenvalue weighted by Crippen LogP contribution is 2.39. The van der Waals surface area contributed by atoms with Crippen molar-refractivity contribution < 1.29 is 14.4 Å². The molecule has 0 radical (unpaired) electrons. The Morgan fingerprint density at radius 2 is 2.37 bits per heavy atom. The molecule has 5 nitrogen and oxygen atoms in total. The van der Waals surface area contributed by atoms with Gasteiger partial charge in [0, 0.05) is 12.0 Å². The van der Waals surface area contributed by atoms with Gasteiger partial charge in [-0.1, -0.05) is 19.0 Å². The number of nitrogens with one attached hydrogen (secondary N) is 1. The molecule has 1 aromatic rings. The fourth-order valence-corrected chi connectivity index (χ4v) is 2.15. The lowest BCUT2D eigenvalue weighted by molar-refractivity contribution is 0.0788. The molecule has 1 heterocycles. The van der Waals surface area contributed by atoms with Crippen LogP contribution >= 0.6 is 0 Å². The summed E-state index contributed by atoms with van der Waals surface area (Å²) in [5, 5.41) is 16.3. The van der Waals surface area contributed by atoms with Gasteiger partial charge in [0.1, 0.15) is 0 Å². The van der Waals surface area contributed by atoms with Crippen LogP contribution in [0.1, 0.15) is 62.2 Å². The van der Waals surface area contributed by atoms with Gasteiger partial charge in [0.25, 0.3) is 5.91 Å². The molecule has 0 aliphatic heterocycles. The third-order valence-electron chi connectivity index (χ3n) is 4.08. The zero-order chi connectivity index (χ0) is 14.0. The van der Waals surface area contributed by atoms with Crippen LogP contribution in [-0.4, -0.2) is 28.3 Å². The number of aliphatic hydroxyl groups is 1. The van der Waals surface area contributed by atoms with Gasteiger partial charge in [0.05, 0.1) is 17.8 Å². The van der Waals surface area contributed by atoms with Crippen molar-refractivity contribution in [2.24, 2.45) is 5.92 Å². The number of carbonyl (C=O) groups excluding carboxylic acids is 1. The molecule has 1 fully saturated rings. The number of nitrogens with zero attached hydrogens (tertiary/aromatic N) is 1. The quantitative estimate of drug-likeness (QED) is 0.826. The Kier molecular flexibility index (Phi) is 3.94. The van der Waals surface area contributed by atoms with E-state index < -0.39 is 5.54 Å². The van der Waals surface area contributed by atoms with E-state index in [1.54, 1.807) is 6.07 Å². The van der Waals surface area contributed by atoms with Gasteiger partial charge in [-0.3, -0.25) is 4.79 Å². The molecule has 0 spiro atoms. The topological polar surface area (TPSA) is 75.4 Å². The molecule has 2 rings (SSSR count). The van der Waals surface area contributed by atoms with E-state index in [2.05, 4.69) is 17.4 Å². The van der Waals surface area contributed by atoms with Crippen LogP contribution in [0.15, 0.2) is 10.6 Å². The minimum absolute atomic E-state index is 0.0598. The Labute approximate surface area is 113 Å². The van der Waals surface area contributed by atoms with Crippen LogP contribution in [-0.2, 0) is 0 Å². The molecule has 1 aliphatic carbocycles. The average Bonchev–Trinajstić information content (AvgIpc) is 3.15. The lowest BCUT2D eigenvalue weighted by Gasteiger charge is -2.28. The summed E-state index contributed by atoms with van der Waals surface area (Å²) < 4.78 is 5.10. The lowest BCUT2D eigenvalue weighted by Crippen LogP contribution is -2.50. The van der Waals surface area contributed by atoms with Crippen molar-refractivity contribution in [2.45, 2.75) is 51.5 Å². The Morgan fingerprint density at radius 3 is 2.89 bits per heavy atom. The van der Waals surface area contributed by atoms with Gasteiger partial charge in [0.15, 0.2) is 0 Å². The zero-order valence-electron chi connectivity index (χ0n) is 11.8. The van der Waals surface area contributed by atoms with Gasteiger partial charge >= 0.3 is 0 Å². The predicted octanol–water partition coefficient (Wildman–Crippen LogP) is 2.08. The van der Waals surface area contributed by atoms with Gasteiger partial charge in [-0.2, -0.15) is 0 Å². The third kappa shape index (κ3) is 2.97. The Bertz CT molecular complexity index is 453. The summed E-state index contributed by atoms with van der Waals surface area (Å²) in [6.45, 7) is 5.92. The molecule has 1 aromatic heterocycles. The normalized spacial score (nSPS) is 19.8. The van der Waals surface area contributed by atoms with Crippen molar-refractivity contribution in [3.8, 4) is 0 Å². The van der Waals surface area contributed by atoms with E-state index in [0.717, 1.165) is 25.0 Å². The molecule has 1 amide bonds. The van der Waals surface area contributed by atoms with E-state index in [4.69, 9.17) is 4.52 Å². The first-order valence-electron chi connectivity index (χ1n) is 6.90. The second-order valence-electron chi connectivity index (χ2n) is 5.73. The maximum Gasteiger partial charge on any atom is 0.290 e. The van der Waals surface area contributed by atoms with Gasteiger partial charge in [-0.15, -0.1) is 0 Å². The summed E-state index contributed by atoms with van der Waals surface area (Å²) in [6, 6.07) is 1.69. The van der Waals surface area contributed by atoms with Crippen molar-refractivity contribution in [2.75, 3.05) is 6.61 Å². The van der Waals surface area contributed by atoms with Crippen LogP contribution in [0.5, 0.6) is 0 Å². The van der Waals surface area contributed by atoms with Crippen LogP contribution in [0.4, 0.5) is 0 Å². The van der Waals surface area contributed by atoms with Crippen molar-refractivity contribution in [1.82, 2.24) is 10.5 Å². The second kappa shape index (κ2) is 5.33. The van der Waals surface area contributed by atoms with E-state index in [-0.39, 0.29) is 24.2 Å². The molecule has 2 unspecified atom stereocenters. The highest BCUT2D eigenvalue weighted by atomic mass is 16.5. The van der Waals surface area contributed by atoms with Gasteiger partial charge in [-0.25, -0.2) is 0 Å². The van der Waals surface area contributed by atoms with Crippen molar-refractivity contribution >= 4 is 5.91 Å². The Balaban J connectivity index is 2.05. The first-order chi connectivity index (χ1) is 9.00. The van der Waals surface area contributed by atoms with Crippen LogP contribution in [0.2, 0.25) is 0 Å². The fraction of sp³-hybridized carbons (Fsp3) is 0.714. The summed E-state index contributed by atoms with van der Waals surface area (Å²) in [5.74, 6) is 0.553. The minimum Gasteiger partial charge on any atom is -0.394 e. The van der Waals surface area contributed by atoms with E-state index in [1.165, 1.54) is 0 Å². The van der Waals surface area contributed by atoms with Crippen molar-refractivity contribution in [3.63, 3.8) is 0 Å². The molecule has 2 N–H and O–H groups in total. The summed E-state index contributed by atoms with van der Waals surface area (Å²) in [5.41, 5.74) is 0.241. The van der Waals surface area contributed by atoms with Crippen molar-refractivity contribution in [3.05, 3.63) is 17.5 Å².